The van der Waals surface area contributed by atoms with Crippen LogP contribution in [-0.4, -0.2) is 51.8 Å². The molecule has 2 fully saturated rings. The first-order chi connectivity index (χ1) is 9.72. The van der Waals surface area contributed by atoms with Crippen LogP contribution in [0.4, 0.5) is 0 Å². The lowest BCUT2D eigenvalue weighted by atomic mass is 9.85. The van der Waals surface area contributed by atoms with E-state index < -0.39 is 5.97 Å². The Balaban J connectivity index is 1.73. The van der Waals surface area contributed by atoms with Gasteiger partial charge < -0.3 is 9.47 Å². The molecule has 2 aliphatic heterocycles. The lowest BCUT2D eigenvalue weighted by molar-refractivity contribution is -0.100. The molecule has 3 rings (SSSR count). The van der Waals surface area contributed by atoms with Crippen LogP contribution >= 0.6 is 11.8 Å². The minimum Gasteiger partial charge on any atom is -0.464 e. The third-order valence-electron chi connectivity index (χ3n) is 4.15. The van der Waals surface area contributed by atoms with Crippen molar-refractivity contribution in [3.63, 3.8) is 0 Å². The maximum atomic E-state index is 11.4. The molecule has 3 heterocycles. The predicted molar refractivity (Wildman–Crippen MR) is 74.9 cm³/mol. The van der Waals surface area contributed by atoms with Gasteiger partial charge in [0.1, 0.15) is 0 Å². The quantitative estimate of drug-likeness (QED) is 0.774. The zero-order valence-electron chi connectivity index (χ0n) is 11.6. The van der Waals surface area contributed by atoms with Crippen molar-refractivity contribution in [2.45, 2.75) is 37.3 Å². The molecular weight excluding hydrogens is 278 g/mol. The van der Waals surface area contributed by atoms with Gasteiger partial charge in [-0.1, -0.05) is 5.21 Å². The Kier molecular flexibility index (Phi) is 3.98. The largest absolute Gasteiger partial charge is 0.464 e. The molecule has 0 radical (unpaired) electrons. The van der Waals surface area contributed by atoms with Crippen LogP contribution in [-0.2, 0) is 9.47 Å². The van der Waals surface area contributed by atoms with Crippen LogP contribution in [0.25, 0.3) is 0 Å². The summed E-state index contributed by atoms with van der Waals surface area (Å²) in [7, 11) is 1.35. The zero-order valence-corrected chi connectivity index (χ0v) is 12.4. The molecule has 7 heteroatoms. The number of thioether (sulfide) groups is 1. The number of ether oxygens (including phenoxy) is 2. The number of aromatic nitrogens is 3. The van der Waals surface area contributed by atoms with Crippen molar-refractivity contribution in [1.29, 1.82) is 0 Å². The Morgan fingerprint density at radius 1 is 1.55 bits per heavy atom. The van der Waals surface area contributed by atoms with Crippen molar-refractivity contribution >= 4 is 17.7 Å². The van der Waals surface area contributed by atoms with Crippen molar-refractivity contribution in [2.24, 2.45) is 0 Å². The lowest BCUT2D eigenvalue weighted by Gasteiger charge is -2.43. The van der Waals surface area contributed by atoms with E-state index in [0.29, 0.717) is 0 Å². The summed E-state index contributed by atoms with van der Waals surface area (Å²) in [5.41, 5.74) is 0.276. The van der Waals surface area contributed by atoms with E-state index in [4.69, 9.17) is 4.74 Å². The first kappa shape index (κ1) is 13.9. The van der Waals surface area contributed by atoms with Gasteiger partial charge in [-0.2, -0.15) is 11.8 Å². The molecule has 0 aromatic carbocycles. The highest BCUT2D eigenvalue weighted by molar-refractivity contribution is 7.99. The molecule has 110 valence electrons. The Morgan fingerprint density at radius 2 is 2.35 bits per heavy atom. The van der Waals surface area contributed by atoms with Crippen LogP contribution in [0, 0.1) is 0 Å². The highest BCUT2D eigenvalue weighted by atomic mass is 32.2. The van der Waals surface area contributed by atoms with Gasteiger partial charge in [0.25, 0.3) is 0 Å². The van der Waals surface area contributed by atoms with Crippen molar-refractivity contribution in [3.05, 3.63) is 11.9 Å². The molecular formula is C13H19N3O3S. The van der Waals surface area contributed by atoms with Crippen LogP contribution in [0.15, 0.2) is 6.20 Å². The summed E-state index contributed by atoms with van der Waals surface area (Å²) in [6.07, 6.45) is 5.77. The van der Waals surface area contributed by atoms with E-state index in [1.165, 1.54) is 7.11 Å². The average Bonchev–Trinajstić information content (AvgIpc) is 2.97. The fraction of sp³-hybridized carbons (Fsp3) is 0.769. The molecule has 2 saturated heterocycles. The van der Waals surface area contributed by atoms with Crippen molar-refractivity contribution in [2.75, 3.05) is 25.2 Å². The van der Waals surface area contributed by atoms with Crippen molar-refractivity contribution < 1.29 is 14.3 Å². The lowest BCUT2D eigenvalue weighted by Crippen LogP contribution is -2.43. The topological polar surface area (TPSA) is 66.2 Å². The van der Waals surface area contributed by atoms with Gasteiger partial charge in [0.15, 0.2) is 5.69 Å². The maximum Gasteiger partial charge on any atom is 0.360 e. The van der Waals surface area contributed by atoms with Gasteiger partial charge in [0.2, 0.25) is 0 Å². The standard InChI is InChI=1S/C13H19N3O3S/c1-18-12(17)11-9-16(15-14-11)10-2-5-19-13(8-10)3-6-20-7-4-13/h9-10H,2-8H2,1H3. The maximum absolute atomic E-state index is 11.4. The van der Waals surface area contributed by atoms with Gasteiger partial charge >= 0.3 is 5.97 Å². The highest BCUT2D eigenvalue weighted by Crippen LogP contribution is 2.41. The third-order valence-corrected chi connectivity index (χ3v) is 5.14. The first-order valence-electron chi connectivity index (χ1n) is 6.94. The van der Waals surface area contributed by atoms with Gasteiger partial charge in [-0.05, 0) is 37.2 Å². The summed E-state index contributed by atoms with van der Waals surface area (Å²) in [5.74, 6) is 1.89. The fourth-order valence-electron chi connectivity index (χ4n) is 2.97. The molecule has 1 atom stereocenters. The Labute approximate surface area is 122 Å². The number of hydrogen-bond acceptors (Lipinski definition) is 6. The molecule has 0 N–H and O–H groups in total. The highest BCUT2D eigenvalue weighted by Gasteiger charge is 2.39. The molecule has 20 heavy (non-hydrogen) atoms. The van der Waals surface area contributed by atoms with E-state index in [1.54, 1.807) is 10.9 Å². The van der Waals surface area contributed by atoms with Gasteiger partial charge in [-0.15, -0.1) is 5.10 Å². The molecule has 2 aliphatic rings. The number of rotatable bonds is 2. The van der Waals surface area contributed by atoms with E-state index in [-0.39, 0.29) is 17.3 Å². The monoisotopic (exact) mass is 297 g/mol. The summed E-state index contributed by atoms with van der Waals surface area (Å²) in [6, 6.07) is 0.262. The van der Waals surface area contributed by atoms with Gasteiger partial charge in [-0.25, -0.2) is 9.48 Å². The van der Waals surface area contributed by atoms with E-state index in [0.717, 1.165) is 43.8 Å². The predicted octanol–water partition coefficient (Wildman–Crippen LogP) is 1.68. The number of methoxy groups -OCH3 is 1. The molecule has 0 bridgehead atoms. The number of carbonyl (C=O) groups is 1. The minimum absolute atomic E-state index is 0.00550. The fourth-order valence-corrected chi connectivity index (χ4v) is 4.21. The molecule has 6 nitrogen and oxygen atoms in total. The average molecular weight is 297 g/mol. The van der Waals surface area contributed by atoms with Crippen molar-refractivity contribution in [3.8, 4) is 0 Å². The summed E-state index contributed by atoms with van der Waals surface area (Å²) in [5, 5.41) is 7.98. The number of esters is 1. The van der Waals surface area contributed by atoms with Crippen LogP contribution in [0.1, 0.15) is 42.2 Å². The Hall–Kier alpha value is -1.08. The van der Waals surface area contributed by atoms with Gasteiger partial charge in [0, 0.05) is 6.61 Å². The molecule has 0 amide bonds. The normalized spacial score (nSPS) is 25.6. The summed E-state index contributed by atoms with van der Waals surface area (Å²) >= 11 is 1.99. The number of hydrogen-bond donors (Lipinski definition) is 0. The van der Waals surface area contributed by atoms with E-state index in [9.17, 15) is 4.79 Å². The summed E-state index contributed by atoms with van der Waals surface area (Å²) in [6.45, 7) is 0.753. The van der Waals surface area contributed by atoms with Gasteiger partial charge in [-0.3, -0.25) is 0 Å². The van der Waals surface area contributed by atoms with Gasteiger partial charge in [0.05, 0.1) is 24.9 Å². The third kappa shape index (κ3) is 2.69. The Morgan fingerprint density at radius 3 is 3.10 bits per heavy atom. The van der Waals surface area contributed by atoms with Crippen LogP contribution < -0.4 is 0 Å². The second kappa shape index (κ2) is 5.73. The minimum atomic E-state index is -0.438. The SMILES string of the molecule is COC(=O)c1cn(C2CCOC3(CCSCC3)C2)nn1. The second-order valence-corrected chi connectivity index (χ2v) is 6.59. The van der Waals surface area contributed by atoms with E-state index in [1.807, 2.05) is 11.8 Å². The summed E-state index contributed by atoms with van der Waals surface area (Å²) < 4.78 is 12.5. The molecule has 1 aromatic heterocycles. The smallest absolute Gasteiger partial charge is 0.360 e. The van der Waals surface area contributed by atoms with Crippen LogP contribution in [0.3, 0.4) is 0 Å². The van der Waals surface area contributed by atoms with Crippen LogP contribution in [0.2, 0.25) is 0 Å². The molecule has 0 aliphatic carbocycles. The molecule has 1 aromatic rings. The zero-order chi connectivity index (χ0) is 14.0. The molecule has 0 saturated carbocycles. The number of nitrogens with zero attached hydrogens (tertiary/aromatic N) is 3. The Bertz CT molecular complexity index is 479. The molecule has 1 spiro atoms. The number of carbonyl (C=O) groups excluding carboxylic acids is 1. The van der Waals surface area contributed by atoms with Crippen LogP contribution in [0.5, 0.6) is 0 Å². The second-order valence-electron chi connectivity index (χ2n) is 5.37. The summed E-state index contributed by atoms with van der Waals surface area (Å²) in [4.78, 5) is 11.4. The van der Waals surface area contributed by atoms with E-state index in [2.05, 4.69) is 15.0 Å². The van der Waals surface area contributed by atoms with E-state index >= 15 is 0 Å². The van der Waals surface area contributed by atoms with Crippen molar-refractivity contribution in [1.82, 2.24) is 15.0 Å². The molecule has 1 unspecified atom stereocenters. The first-order valence-corrected chi connectivity index (χ1v) is 8.10.